The molecule has 0 atom stereocenters. The van der Waals surface area contributed by atoms with Crippen molar-refractivity contribution in [3.05, 3.63) is 89.9 Å². The number of aromatic nitrogens is 3. The number of ether oxygens (including phenoxy) is 2. The average molecular weight is 428 g/mol. The molecule has 1 aliphatic rings. The van der Waals surface area contributed by atoms with E-state index in [-0.39, 0.29) is 12.5 Å². The van der Waals surface area contributed by atoms with Crippen molar-refractivity contribution in [1.82, 2.24) is 19.2 Å². The van der Waals surface area contributed by atoms with Crippen LogP contribution in [0.1, 0.15) is 16.8 Å². The molecule has 0 unspecified atom stereocenters. The molecule has 7 heteroatoms. The predicted octanol–water partition coefficient (Wildman–Crippen LogP) is 3.90. The number of carbonyl (C=O) groups excluding carboxylic acids is 1. The van der Waals surface area contributed by atoms with Crippen LogP contribution < -0.4 is 9.47 Å². The Morgan fingerprint density at radius 1 is 1.00 bits per heavy atom. The van der Waals surface area contributed by atoms with Gasteiger partial charge in [-0.25, -0.2) is 4.68 Å². The highest BCUT2D eigenvalue weighted by Crippen LogP contribution is 2.31. The molecule has 0 aliphatic carbocycles. The van der Waals surface area contributed by atoms with E-state index in [1.54, 1.807) is 18.1 Å². The lowest BCUT2D eigenvalue weighted by Crippen LogP contribution is -2.31. The predicted molar refractivity (Wildman–Crippen MR) is 120 cm³/mol. The van der Waals surface area contributed by atoms with Crippen molar-refractivity contribution in [2.24, 2.45) is 0 Å². The number of amides is 1. The molecule has 0 saturated heterocycles. The zero-order valence-corrected chi connectivity index (χ0v) is 18.1. The molecule has 32 heavy (non-hydrogen) atoms. The number of nitrogens with zero attached hydrogens (tertiary/aromatic N) is 4. The number of benzene rings is 2. The molecule has 2 aromatic heterocycles. The van der Waals surface area contributed by atoms with E-state index in [4.69, 9.17) is 14.6 Å². The van der Waals surface area contributed by atoms with Gasteiger partial charge in [-0.05, 0) is 48.9 Å². The van der Waals surface area contributed by atoms with Crippen LogP contribution in [0.3, 0.4) is 0 Å². The topological polar surface area (TPSA) is 61.5 Å². The molecule has 0 radical (unpaired) electrons. The molecule has 0 spiro atoms. The first kappa shape index (κ1) is 19.9. The van der Waals surface area contributed by atoms with Crippen molar-refractivity contribution in [2.75, 3.05) is 13.7 Å². The molecule has 0 N–H and O–H groups in total. The number of para-hydroxylation sites is 2. The van der Waals surface area contributed by atoms with Crippen molar-refractivity contribution in [3.8, 4) is 23.0 Å². The maximum absolute atomic E-state index is 12.9. The van der Waals surface area contributed by atoms with E-state index in [0.717, 1.165) is 22.8 Å². The monoisotopic (exact) mass is 428 g/mol. The molecule has 1 amide bonds. The Morgan fingerprint density at radius 3 is 2.53 bits per heavy atom. The number of hydrogen-bond donors (Lipinski definition) is 0. The number of rotatable bonds is 6. The lowest BCUT2D eigenvalue weighted by Gasteiger charge is -2.18. The second-order valence-electron chi connectivity index (χ2n) is 7.78. The van der Waals surface area contributed by atoms with E-state index in [1.165, 1.54) is 5.56 Å². The molecule has 0 saturated carbocycles. The highest BCUT2D eigenvalue weighted by Gasteiger charge is 2.31. The first-order valence-electron chi connectivity index (χ1n) is 10.5. The SMILES string of the molecule is COc1ccccc1OCC(=O)N1Cc2nn(-c3cccc(C)c3)c(-n3cccc3)c2C1. The van der Waals surface area contributed by atoms with Crippen LogP contribution in [0.4, 0.5) is 0 Å². The van der Waals surface area contributed by atoms with Gasteiger partial charge in [-0.3, -0.25) is 4.79 Å². The third kappa shape index (κ3) is 3.62. The third-order valence-corrected chi connectivity index (χ3v) is 5.60. The molecule has 5 rings (SSSR count). The minimum absolute atomic E-state index is 0.0542. The van der Waals surface area contributed by atoms with Gasteiger partial charge in [-0.2, -0.15) is 5.10 Å². The fraction of sp³-hybridized carbons (Fsp3) is 0.200. The van der Waals surface area contributed by atoms with Crippen molar-refractivity contribution >= 4 is 5.91 Å². The minimum Gasteiger partial charge on any atom is -0.493 e. The lowest BCUT2D eigenvalue weighted by atomic mass is 10.2. The summed E-state index contributed by atoms with van der Waals surface area (Å²) < 4.78 is 15.0. The van der Waals surface area contributed by atoms with Gasteiger partial charge in [0.1, 0.15) is 5.82 Å². The van der Waals surface area contributed by atoms with Gasteiger partial charge in [0, 0.05) is 18.0 Å². The van der Waals surface area contributed by atoms with Crippen LogP contribution in [0.15, 0.2) is 73.1 Å². The molecule has 3 heterocycles. The standard InChI is InChI=1S/C25H24N4O3/c1-18-8-7-9-19(14-18)29-25(27-12-5-6-13-27)20-15-28(16-21(20)26-29)24(30)17-32-23-11-4-3-10-22(23)31-2/h3-14H,15-17H2,1-2H3. The fourth-order valence-corrected chi connectivity index (χ4v) is 4.03. The Labute approximate surface area is 186 Å². The second kappa shape index (κ2) is 8.26. The quantitative estimate of drug-likeness (QED) is 0.467. The number of aryl methyl sites for hydroxylation is 1. The van der Waals surface area contributed by atoms with Gasteiger partial charge < -0.3 is 18.9 Å². The number of hydrogen-bond acceptors (Lipinski definition) is 4. The molecule has 0 bridgehead atoms. The van der Waals surface area contributed by atoms with Crippen LogP contribution in [0, 0.1) is 6.92 Å². The summed E-state index contributed by atoms with van der Waals surface area (Å²) >= 11 is 0. The zero-order chi connectivity index (χ0) is 22.1. The van der Waals surface area contributed by atoms with Crippen LogP contribution in [0.5, 0.6) is 11.5 Å². The van der Waals surface area contributed by atoms with Crippen molar-refractivity contribution < 1.29 is 14.3 Å². The first-order valence-corrected chi connectivity index (χ1v) is 10.5. The Bertz CT molecular complexity index is 1260. The van der Waals surface area contributed by atoms with Crippen LogP contribution >= 0.6 is 0 Å². The number of fused-ring (bicyclic) bond motifs is 1. The van der Waals surface area contributed by atoms with E-state index >= 15 is 0 Å². The maximum Gasteiger partial charge on any atom is 0.261 e. The number of carbonyl (C=O) groups is 1. The minimum atomic E-state index is -0.0885. The van der Waals surface area contributed by atoms with E-state index in [9.17, 15) is 4.79 Å². The lowest BCUT2D eigenvalue weighted by molar-refractivity contribution is -0.134. The van der Waals surface area contributed by atoms with E-state index in [2.05, 4.69) is 19.1 Å². The Kier molecular flexibility index (Phi) is 5.15. The summed E-state index contributed by atoms with van der Waals surface area (Å²) in [4.78, 5) is 14.7. The zero-order valence-electron chi connectivity index (χ0n) is 18.1. The van der Waals surface area contributed by atoms with Gasteiger partial charge in [0.05, 0.1) is 31.6 Å². The molecular formula is C25H24N4O3. The van der Waals surface area contributed by atoms with Crippen LogP contribution in [-0.4, -0.2) is 38.9 Å². The van der Waals surface area contributed by atoms with Gasteiger partial charge in [0.25, 0.3) is 5.91 Å². The van der Waals surface area contributed by atoms with Gasteiger partial charge in [0.2, 0.25) is 0 Å². The summed E-state index contributed by atoms with van der Waals surface area (Å²) in [6.45, 7) is 2.96. The smallest absolute Gasteiger partial charge is 0.261 e. The molecule has 0 fully saturated rings. The normalized spacial score (nSPS) is 12.6. The average Bonchev–Trinajstić information content (AvgIpc) is 3.53. The van der Waals surface area contributed by atoms with Crippen molar-refractivity contribution in [3.63, 3.8) is 0 Å². The highest BCUT2D eigenvalue weighted by molar-refractivity contribution is 5.78. The van der Waals surface area contributed by atoms with Gasteiger partial charge >= 0.3 is 0 Å². The van der Waals surface area contributed by atoms with Crippen LogP contribution in [-0.2, 0) is 17.9 Å². The largest absolute Gasteiger partial charge is 0.493 e. The third-order valence-electron chi connectivity index (χ3n) is 5.60. The second-order valence-corrected chi connectivity index (χ2v) is 7.78. The van der Waals surface area contributed by atoms with Crippen LogP contribution in [0.25, 0.3) is 11.5 Å². The Hall–Kier alpha value is -4.00. The summed E-state index contributed by atoms with van der Waals surface area (Å²) in [7, 11) is 1.58. The number of methoxy groups -OCH3 is 1. The summed E-state index contributed by atoms with van der Waals surface area (Å²) in [6.07, 6.45) is 4.00. The van der Waals surface area contributed by atoms with Gasteiger partial charge in [-0.15, -0.1) is 0 Å². The van der Waals surface area contributed by atoms with Gasteiger partial charge in [0.15, 0.2) is 18.1 Å². The molecule has 4 aromatic rings. The van der Waals surface area contributed by atoms with E-state index < -0.39 is 0 Å². The van der Waals surface area contributed by atoms with Crippen LogP contribution in [0.2, 0.25) is 0 Å². The molecule has 162 valence electrons. The fourth-order valence-electron chi connectivity index (χ4n) is 4.03. The molecule has 1 aliphatic heterocycles. The van der Waals surface area contributed by atoms with E-state index in [1.807, 2.05) is 64.1 Å². The van der Waals surface area contributed by atoms with Crippen molar-refractivity contribution in [1.29, 1.82) is 0 Å². The highest BCUT2D eigenvalue weighted by atomic mass is 16.5. The molecule has 2 aromatic carbocycles. The summed E-state index contributed by atoms with van der Waals surface area (Å²) in [6, 6.07) is 19.5. The molecule has 7 nitrogen and oxygen atoms in total. The molecular weight excluding hydrogens is 404 g/mol. The Morgan fingerprint density at radius 2 is 1.78 bits per heavy atom. The summed E-state index contributed by atoms with van der Waals surface area (Å²) in [5, 5.41) is 4.88. The maximum atomic E-state index is 12.9. The Balaban J connectivity index is 1.39. The van der Waals surface area contributed by atoms with E-state index in [0.29, 0.717) is 24.6 Å². The summed E-state index contributed by atoms with van der Waals surface area (Å²) in [5.41, 5.74) is 4.12. The first-order chi connectivity index (χ1) is 15.6. The van der Waals surface area contributed by atoms with Gasteiger partial charge in [-0.1, -0.05) is 24.3 Å². The summed E-state index contributed by atoms with van der Waals surface area (Å²) in [5.74, 6) is 2.03. The van der Waals surface area contributed by atoms with Crippen molar-refractivity contribution in [2.45, 2.75) is 20.0 Å².